The molecule has 164 valence electrons. The molecule has 0 radical (unpaired) electrons. The van der Waals surface area contributed by atoms with Gasteiger partial charge in [0.05, 0.1) is 28.3 Å². The minimum atomic E-state index is -0.963. The lowest BCUT2D eigenvalue weighted by atomic mass is 10.0. The number of rotatable bonds is 5. The molecule has 0 amide bonds. The normalized spacial score (nSPS) is 12.2. The van der Waals surface area contributed by atoms with Crippen molar-refractivity contribution >= 4 is 17.0 Å². The van der Waals surface area contributed by atoms with Crippen LogP contribution >= 0.6 is 0 Å². The lowest BCUT2D eigenvalue weighted by Crippen LogP contribution is -2.05. The largest absolute Gasteiger partial charge is 0.478 e. The maximum absolute atomic E-state index is 11.9. The van der Waals surface area contributed by atoms with Crippen LogP contribution in [0.5, 0.6) is 0 Å². The van der Waals surface area contributed by atoms with Crippen molar-refractivity contribution in [3.63, 3.8) is 0 Å². The quantitative estimate of drug-likeness (QED) is 0.350. The molecular formula is C27H23N3O3. The third kappa shape index (κ3) is 3.49. The number of hydrogen-bond acceptors (Lipinski definition) is 4. The van der Waals surface area contributed by atoms with E-state index in [9.17, 15) is 9.90 Å². The molecule has 1 N–H and O–H groups in total. The van der Waals surface area contributed by atoms with E-state index in [1.165, 1.54) is 0 Å². The summed E-state index contributed by atoms with van der Waals surface area (Å²) in [4.78, 5) is 16.7. The number of carbonyl (C=O) groups is 1. The number of benzene rings is 2. The molecular weight excluding hydrogens is 414 g/mol. The Kier molecular flexibility index (Phi) is 5.05. The van der Waals surface area contributed by atoms with Crippen molar-refractivity contribution in [2.24, 2.45) is 0 Å². The highest BCUT2D eigenvalue weighted by Gasteiger charge is 2.22. The van der Waals surface area contributed by atoms with E-state index in [4.69, 9.17) is 9.51 Å². The second-order valence-electron chi connectivity index (χ2n) is 8.18. The van der Waals surface area contributed by atoms with Crippen LogP contribution in [-0.4, -0.2) is 25.8 Å². The van der Waals surface area contributed by atoms with Gasteiger partial charge < -0.3 is 14.2 Å². The zero-order valence-electron chi connectivity index (χ0n) is 18.6. The fourth-order valence-electron chi connectivity index (χ4n) is 4.47. The molecule has 0 saturated carbocycles. The summed E-state index contributed by atoms with van der Waals surface area (Å²) >= 11 is 0. The van der Waals surface area contributed by atoms with Crippen LogP contribution in [0.4, 0.5) is 0 Å². The fourth-order valence-corrected chi connectivity index (χ4v) is 4.47. The maximum Gasteiger partial charge on any atom is 0.336 e. The van der Waals surface area contributed by atoms with Crippen molar-refractivity contribution in [3.05, 3.63) is 95.6 Å². The van der Waals surface area contributed by atoms with Gasteiger partial charge in [0.25, 0.3) is 0 Å². The standard InChI is InChI=1S/C27H23N3O3/c1-16-25(18(3)33-29-16)20-13-24-26(28-14-20)23(21-11-7-8-12-22(21)27(31)32)15-30(24)17(2)19-9-5-4-6-10-19/h4-15,17H,1-3H3,(H,31,32). The Labute approximate surface area is 191 Å². The Morgan fingerprint density at radius 3 is 2.45 bits per heavy atom. The predicted molar refractivity (Wildman–Crippen MR) is 127 cm³/mol. The predicted octanol–water partition coefficient (Wildman–Crippen LogP) is 6.28. The summed E-state index contributed by atoms with van der Waals surface area (Å²) in [6.45, 7) is 5.93. The van der Waals surface area contributed by atoms with Gasteiger partial charge in [0, 0.05) is 29.1 Å². The maximum atomic E-state index is 11.9. The molecule has 5 rings (SSSR count). The Balaban J connectivity index is 1.79. The highest BCUT2D eigenvalue weighted by atomic mass is 16.5. The lowest BCUT2D eigenvalue weighted by Gasteiger charge is -2.16. The molecule has 0 aliphatic rings. The van der Waals surface area contributed by atoms with Crippen molar-refractivity contribution < 1.29 is 14.4 Å². The molecule has 5 aromatic rings. The van der Waals surface area contributed by atoms with Crippen molar-refractivity contribution in [3.8, 4) is 22.3 Å². The molecule has 3 heterocycles. The molecule has 2 aromatic carbocycles. The summed E-state index contributed by atoms with van der Waals surface area (Å²) in [5.41, 5.74) is 7.15. The summed E-state index contributed by atoms with van der Waals surface area (Å²) in [5, 5.41) is 13.9. The molecule has 1 atom stereocenters. The summed E-state index contributed by atoms with van der Waals surface area (Å²) < 4.78 is 7.54. The number of nitrogens with zero attached hydrogens (tertiary/aromatic N) is 3. The van der Waals surface area contributed by atoms with E-state index in [-0.39, 0.29) is 11.6 Å². The second kappa shape index (κ2) is 8.06. The van der Waals surface area contributed by atoms with Crippen molar-refractivity contribution in [1.82, 2.24) is 14.7 Å². The summed E-state index contributed by atoms with van der Waals surface area (Å²) in [7, 11) is 0. The van der Waals surface area contributed by atoms with Crippen LogP contribution in [0.25, 0.3) is 33.3 Å². The van der Waals surface area contributed by atoms with Gasteiger partial charge in [-0.05, 0) is 44.0 Å². The van der Waals surface area contributed by atoms with Crippen LogP contribution in [0.15, 0.2) is 77.6 Å². The number of aryl methyl sites for hydroxylation is 2. The van der Waals surface area contributed by atoms with Crippen LogP contribution in [0.3, 0.4) is 0 Å². The minimum absolute atomic E-state index is 0.0150. The zero-order valence-corrected chi connectivity index (χ0v) is 18.6. The van der Waals surface area contributed by atoms with Gasteiger partial charge in [-0.3, -0.25) is 4.98 Å². The van der Waals surface area contributed by atoms with Gasteiger partial charge in [0.15, 0.2) is 0 Å². The van der Waals surface area contributed by atoms with E-state index in [0.717, 1.165) is 44.7 Å². The van der Waals surface area contributed by atoms with Crippen LogP contribution in [0, 0.1) is 13.8 Å². The SMILES string of the molecule is Cc1noc(C)c1-c1cnc2c(-c3ccccc3C(=O)O)cn(C(C)c3ccccc3)c2c1. The van der Waals surface area contributed by atoms with Crippen LogP contribution in [0.1, 0.15) is 40.3 Å². The molecule has 0 aliphatic carbocycles. The number of aromatic carboxylic acids is 1. The molecule has 3 aromatic heterocycles. The number of hydrogen-bond donors (Lipinski definition) is 1. The first kappa shape index (κ1) is 20.7. The first-order valence-corrected chi connectivity index (χ1v) is 10.8. The monoisotopic (exact) mass is 437 g/mol. The van der Waals surface area contributed by atoms with Crippen LogP contribution in [0.2, 0.25) is 0 Å². The third-order valence-electron chi connectivity index (χ3n) is 6.14. The highest BCUT2D eigenvalue weighted by Crippen LogP contribution is 2.37. The first-order valence-electron chi connectivity index (χ1n) is 10.8. The molecule has 0 saturated heterocycles. The van der Waals surface area contributed by atoms with Crippen molar-refractivity contribution in [2.45, 2.75) is 26.8 Å². The molecule has 6 heteroatoms. The average molecular weight is 437 g/mol. The third-order valence-corrected chi connectivity index (χ3v) is 6.14. The minimum Gasteiger partial charge on any atom is -0.478 e. The lowest BCUT2D eigenvalue weighted by molar-refractivity contribution is 0.0697. The highest BCUT2D eigenvalue weighted by molar-refractivity contribution is 6.02. The Hall–Kier alpha value is -4.19. The Bertz CT molecular complexity index is 1460. The Morgan fingerprint density at radius 2 is 1.76 bits per heavy atom. The number of carboxylic acid groups (broad SMARTS) is 1. The first-order chi connectivity index (χ1) is 16.0. The second-order valence-corrected chi connectivity index (χ2v) is 8.18. The average Bonchev–Trinajstić information content (AvgIpc) is 3.38. The van der Waals surface area contributed by atoms with Gasteiger partial charge >= 0.3 is 5.97 Å². The smallest absolute Gasteiger partial charge is 0.336 e. The van der Waals surface area contributed by atoms with Gasteiger partial charge in [-0.2, -0.15) is 0 Å². The number of fused-ring (bicyclic) bond motifs is 1. The van der Waals surface area contributed by atoms with Crippen molar-refractivity contribution in [2.75, 3.05) is 0 Å². The molecule has 0 aliphatic heterocycles. The molecule has 1 unspecified atom stereocenters. The summed E-state index contributed by atoms with van der Waals surface area (Å²) in [6.07, 6.45) is 3.81. The number of carboxylic acids is 1. The van der Waals surface area contributed by atoms with Gasteiger partial charge in [0.1, 0.15) is 5.76 Å². The molecule has 0 spiro atoms. The molecule has 0 bridgehead atoms. The van der Waals surface area contributed by atoms with Gasteiger partial charge in [-0.25, -0.2) is 4.79 Å². The van der Waals surface area contributed by atoms with E-state index in [0.29, 0.717) is 5.56 Å². The zero-order chi connectivity index (χ0) is 23.1. The fraction of sp³-hybridized carbons (Fsp3) is 0.148. The van der Waals surface area contributed by atoms with E-state index in [1.807, 2.05) is 50.4 Å². The summed E-state index contributed by atoms with van der Waals surface area (Å²) in [6, 6.07) is 19.4. The van der Waals surface area contributed by atoms with Crippen LogP contribution < -0.4 is 0 Å². The summed E-state index contributed by atoms with van der Waals surface area (Å²) in [5.74, 6) is -0.228. The molecule has 6 nitrogen and oxygen atoms in total. The van der Waals surface area contributed by atoms with E-state index < -0.39 is 5.97 Å². The van der Waals surface area contributed by atoms with Crippen molar-refractivity contribution in [1.29, 1.82) is 0 Å². The Morgan fingerprint density at radius 1 is 1.03 bits per heavy atom. The van der Waals surface area contributed by atoms with E-state index >= 15 is 0 Å². The number of pyridine rings is 1. The van der Waals surface area contributed by atoms with E-state index in [1.54, 1.807) is 18.3 Å². The van der Waals surface area contributed by atoms with Crippen LogP contribution in [-0.2, 0) is 0 Å². The van der Waals surface area contributed by atoms with E-state index in [2.05, 4.69) is 34.8 Å². The van der Waals surface area contributed by atoms with Gasteiger partial charge in [-0.1, -0.05) is 53.7 Å². The van der Waals surface area contributed by atoms with Gasteiger partial charge in [-0.15, -0.1) is 0 Å². The molecule has 33 heavy (non-hydrogen) atoms. The molecule has 0 fully saturated rings. The number of aromatic nitrogens is 3. The topological polar surface area (TPSA) is 81.2 Å². The van der Waals surface area contributed by atoms with Gasteiger partial charge in [0.2, 0.25) is 0 Å².